The van der Waals surface area contributed by atoms with Crippen molar-refractivity contribution < 1.29 is 19.2 Å². The van der Waals surface area contributed by atoms with E-state index in [0.717, 1.165) is 22.5 Å². The lowest BCUT2D eigenvalue weighted by Crippen LogP contribution is -2.73. The fourth-order valence-corrected chi connectivity index (χ4v) is 3.17. The van der Waals surface area contributed by atoms with Gasteiger partial charge in [-0.05, 0) is 35.9 Å². The molecule has 0 aliphatic carbocycles. The first-order valence-electron chi connectivity index (χ1n) is 9.14. The van der Waals surface area contributed by atoms with E-state index in [2.05, 4.69) is 4.98 Å². The number of aromatic nitrogens is 2. The van der Waals surface area contributed by atoms with Crippen LogP contribution in [0, 0.1) is 5.82 Å². The summed E-state index contributed by atoms with van der Waals surface area (Å²) in [7, 11) is 1.89. The molecule has 3 aromatic rings. The number of hydrogen-bond acceptors (Lipinski definition) is 4. The normalized spacial score (nSPS) is 11.8. The third-order valence-electron chi connectivity index (χ3n) is 4.16. The molecule has 7 heteroatoms. The zero-order valence-electron chi connectivity index (χ0n) is 16.0. The van der Waals surface area contributed by atoms with Gasteiger partial charge in [0.15, 0.2) is 22.3 Å². The second-order valence-electron chi connectivity index (χ2n) is 5.85. The second kappa shape index (κ2) is 8.99. The SMILES string of the molecule is CC.C[NH2+]c1c(Cl)nc(Cc2ccc(F)cc2)nc1-c1ccc2c(c1)OCO2. The Labute approximate surface area is 168 Å². The number of ether oxygens (including phenoxy) is 2. The van der Waals surface area contributed by atoms with Gasteiger partial charge in [0.1, 0.15) is 17.3 Å². The molecule has 0 spiro atoms. The van der Waals surface area contributed by atoms with E-state index in [0.29, 0.717) is 28.9 Å². The molecule has 0 unspecified atom stereocenters. The zero-order valence-corrected chi connectivity index (χ0v) is 16.8. The first-order valence-corrected chi connectivity index (χ1v) is 9.52. The number of nitrogens with two attached hydrogens (primary N) is 1. The smallest absolute Gasteiger partial charge is 0.231 e. The van der Waals surface area contributed by atoms with Crippen LogP contribution >= 0.6 is 11.6 Å². The molecule has 1 aliphatic heterocycles. The van der Waals surface area contributed by atoms with Crippen molar-refractivity contribution in [1.29, 1.82) is 0 Å². The van der Waals surface area contributed by atoms with E-state index in [1.807, 2.05) is 44.4 Å². The summed E-state index contributed by atoms with van der Waals surface area (Å²) >= 11 is 6.40. The fraction of sp³-hybridized carbons (Fsp3) is 0.238. The fourth-order valence-electron chi connectivity index (χ4n) is 2.87. The van der Waals surface area contributed by atoms with Crippen molar-refractivity contribution in [3.63, 3.8) is 0 Å². The van der Waals surface area contributed by atoms with Gasteiger partial charge in [-0.2, -0.15) is 0 Å². The summed E-state index contributed by atoms with van der Waals surface area (Å²) < 4.78 is 23.9. The molecular weight excluding hydrogens is 381 g/mol. The first kappa shape index (κ1) is 20.0. The van der Waals surface area contributed by atoms with E-state index >= 15 is 0 Å². The summed E-state index contributed by atoms with van der Waals surface area (Å²) in [5, 5.41) is 2.26. The Kier molecular flexibility index (Phi) is 6.44. The number of quaternary nitrogens is 1. The van der Waals surface area contributed by atoms with Gasteiger partial charge in [-0.25, -0.2) is 14.4 Å². The number of fused-ring (bicyclic) bond motifs is 1. The Balaban J connectivity index is 0.00000109. The minimum Gasteiger partial charge on any atom is -0.454 e. The van der Waals surface area contributed by atoms with E-state index in [1.165, 1.54) is 12.1 Å². The van der Waals surface area contributed by atoms with Gasteiger partial charge in [0.25, 0.3) is 0 Å². The molecule has 1 aliphatic rings. The van der Waals surface area contributed by atoms with Crippen LogP contribution in [0.25, 0.3) is 11.3 Å². The van der Waals surface area contributed by atoms with Gasteiger partial charge in [0.05, 0.1) is 7.05 Å². The van der Waals surface area contributed by atoms with Crippen molar-refractivity contribution in [2.75, 3.05) is 13.8 Å². The van der Waals surface area contributed by atoms with E-state index in [9.17, 15) is 4.39 Å². The number of benzene rings is 2. The van der Waals surface area contributed by atoms with Gasteiger partial charge >= 0.3 is 0 Å². The average molecular weight is 403 g/mol. The van der Waals surface area contributed by atoms with Crippen molar-refractivity contribution in [3.05, 3.63) is 64.8 Å². The van der Waals surface area contributed by atoms with Crippen LogP contribution < -0.4 is 14.8 Å². The summed E-state index contributed by atoms with van der Waals surface area (Å²) in [5.41, 5.74) is 3.26. The highest BCUT2D eigenvalue weighted by Crippen LogP contribution is 2.37. The summed E-state index contributed by atoms with van der Waals surface area (Å²) in [6.45, 7) is 4.21. The lowest BCUT2D eigenvalue weighted by Gasteiger charge is -2.10. The molecule has 0 radical (unpaired) electrons. The van der Waals surface area contributed by atoms with Crippen molar-refractivity contribution in [2.45, 2.75) is 20.3 Å². The van der Waals surface area contributed by atoms with Gasteiger partial charge < -0.3 is 14.8 Å². The van der Waals surface area contributed by atoms with Crippen LogP contribution in [-0.4, -0.2) is 23.8 Å². The van der Waals surface area contributed by atoms with Crippen LogP contribution in [0.5, 0.6) is 11.5 Å². The lowest BCUT2D eigenvalue weighted by atomic mass is 10.1. The monoisotopic (exact) mass is 402 g/mol. The maximum atomic E-state index is 13.1. The minimum absolute atomic E-state index is 0.214. The second-order valence-corrected chi connectivity index (χ2v) is 6.21. The highest BCUT2D eigenvalue weighted by molar-refractivity contribution is 6.31. The minimum atomic E-state index is -0.273. The molecule has 2 heterocycles. The third kappa shape index (κ3) is 4.24. The maximum absolute atomic E-state index is 13.1. The van der Waals surface area contributed by atoms with Crippen LogP contribution in [0.3, 0.4) is 0 Å². The van der Waals surface area contributed by atoms with Crippen LogP contribution in [0.4, 0.5) is 10.1 Å². The van der Waals surface area contributed by atoms with Gasteiger partial charge in [-0.1, -0.05) is 37.6 Å². The zero-order chi connectivity index (χ0) is 20.1. The van der Waals surface area contributed by atoms with Crippen LogP contribution in [-0.2, 0) is 6.42 Å². The third-order valence-corrected chi connectivity index (χ3v) is 4.44. The van der Waals surface area contributed by atoms with Crippen LogP contribution in [0.2, 0.25) is 5.15 Å². The molecular formula is C21H22ClFN3O2+. The van der Waals surface area contributed by atoms with E-state index < -0.39 is 0 Å². The Morgan fingerprint density at radius 3 is 2.46 bits per heavy atom. The van der Waals surface area contributed by atoms with E-state index in [1.54, 1.807) is 12.1 Å². The molecule has 146 valence electrons. The topological polar surface area (TPSA) is 60.9 Å². The molecule has 0 saturated heterocycles. The molecule has 2 aromatic carbocycles. The predicted octanol–water partition coefficient (Wildman–Crippen LogP) is 4.11. The molecule has 0 fully saturated rings. The van der Waals surface area contributed by atoms with Gasteiger partial charge in [-0.15, -0.1) is 0 Å². The summed E-state index contributed by atoms with van der Waals surface area (Å²) in [6, 6.07) is 11.9. The molecule has 0 amide bonds. The van der Waals surface area contributed by atoms with Crippen LogP contribution in [0.15, 0.2) is 42.5 Å². The van der Waals surface area contributed by atoms with Gasteiger partial charge in [0, 0.05) is 12.0 Å². The molecule has 0 atom stereocenters. The standard InChI is InChI=1S/C19H15ClFN3O2.C2H6/c1-22-18-17(12-4-7-14-15(9-12)26-10-25-14)23-16(24-19(18)20)8-11-2-5-13(21)6-3-11;1-2/h2-7,9,22H,8,10H2,1H3;1-2H3/p+1. The summed E-state index contributed by atoms with van der Waals surface area (Å²) in [5.74, 6) is 1.69. The number of hydrogen-bond donors (Lipinski definition) is 1. The van der Waals surface area contributed by atoms with Gasteiger partial charge in [-0.3, -0.25) is 0 Å². The molecule has 0 saturated carbocycles. The Morgan fingerprint density at radius 2 is 1.75 bits per heavy atom. The lowest BCUT2D eigenvalue weighted by molar-refractivity contribution is -0.539. The highest BCUT2D eigenvalue weighted by Gasteiger charge is 2.21. The van der Waals surface area contributed by atoms with Crippen molar-refractivity contribution in [1.82, 2.24) is 9.97 Å². The molecule has 28 heavy (non-hydrogen) atoms. The van der Waals surface area contributed by atoms with Crippen molar-refractivity contribution in [2.24, 2.45) is 0 Å². The Hall–Kier alpha value is -2.70. The van der Waals surface area contributed by atoms with Crippen molar-refractivity contribution >= 4 is 17.3 Å². The first-order chi connectivity index (χ1) is 13.6. The quantitative estimate of drug-likeness (QED) is 0.667. The van der Waals surface area contributed by atoms with Gasteiger partial charge in [0.2, 0.25) is 6.79 Å². The molecule has 2 N–H and O–H groups in total. The highest BCUT2D eigenvalue weighted by atomic mass is 35.5. The molecule has 5 nitrogen and oxygen atoms in total. The number of rotatable bonds is 4. The summed E-state index contributed by atoms with van der Waals surface area (Å²) in [6.07, 6.45) is 0.460. The average Bonchev–Trinajstić information content (AvgIpc) is 3.19. The molecule has 0 bridgehead atoms. The summed E-state index contributed by atoms with van der Waals surface area (Å²) in [4.78, 5) is 9.09. The predicted molar refractivity (Wildman–Crippen MR) is 107 cm³/mol. The van der Waals surface area contributed by atoms with Crippen molar-refractivity contribution in [3.8, 4) is 22.8 Å². The Bertz CT molecular complexity index is 965. The van der Waals surface area contributed by atoms with E-state index in [4.69, 9.17) is 26.1 Å². The maximum Gasteiger partial charge on any atom is 0.231 e. The van der Waals surface area contributed by atoms with E-state index in [-0.39, 0.29) is 12.6 Å². The Morgan fingerprint density at radius 1 is 1.04 bits per heavy atom. The van der Waals surface area contributed by atoms with Crippen LogP contribution in [0.1, 0.15) is 25.2 Å². The molecule has 4 rings (SSSR count). The molecule has 1 aromatic heterocycles. The largest absolute Gasteiger partial charge is 0.454 e. The number of halogens is 2. The number of nitrogens with zero attached hydrogens (tertiary/aromatic N) is 2.